The zero-order valence-corrected chi connectivity index (χ0v) is 17.6. The molecule has 0 unspecified atom stereocenters. The van der Waals surface area contributed by atoms with Crippen LogP contribution in [-0.2, 0) is 6.54 Å². The predicted molar refractivity (Wildman–Crippen MR) is 122 cm³/mol. The van der Waals surface area contributed by atoms with E-state index in [0.29, 0.717) is 28.8 Å². The van der Waals surface area contributed by atoms with Crippen molar-refractivity contribution >= 4 is 41.0 Å². The molecule has 0 saturated heterocycles. The molecule has 0 saturated carbocycles. The third kappa shape index (κ3) is 6.38. The molecule has 0 radical (unpaired) electrons. The van der Waals surface area contributed by atoms with Gasteiger partial charge in [-0.05, 0) is 36.2 Å². The minimum atomic E-state index is -0.201. The van der Waals surface area contributed by atoms with Crippen molar-refractivity contribution in [3.05, 3.63) is 106 Å². The van der Waals surface area contributed by atoms with Gasteiger partial charge in [-0.15, -0.1) is 0 Å². The molecule has 29 heavy (non-hydrogen) atoms. The van der Waals surface area contributed by atoms with Gasteiger partial charge >= 0.3 is 6.03 Å². The van der Waals surface area contributed by atoms with Crippen LogP contribution < -0.4 is 5.32 Å². The number of nitrogens with one attached hydrogen (secondary N) is 1. The molecule has 3 rings (SSSR count). The minimum Gasteiger partial charge on any atom is -0.316 e. The largest absolute Gasteiger partial charge is 0.322 e. The number of carbonyl (C=O) groups excluding carboxylic acids is 1. The molecule has 0 aliphatic rings. The topological polar surface area (TPSA) is 32.3 Å². The first-order chi connectivity index (χ1) is 14.0. The molecule has 0 spiro atoms. The highest BCUT2D eigenvalue weighted by atomic mass is 35.5. The van der Waals surface area contributed by atoms with Gasteiger partial charge in [0.2, 0.25) is 0 Å². The van der Waals surface area contributed by atoms with Crippen LogP contribution in [0.15, 0.2) is 84.4 Å². The summed E-state index contributed by atoms with van der Waals surface area (Å²) < 4.78 is 0. The molecule has 0 atom stereocenters. The van der Waals surface area contributed by atoms with Gasteiger partial charge in [0.1, 0.15) is 0 Å². The highest BCUT2D eigenvalue weighted by molar-refractivity contribution is 6.42. The molecule has 3 aromatic carbocycles. The predicted octanol–water partition coefficient (Wildman–Crippen LogP) is 7.13. The molecule has 2 amide bonds. The quantitative estimate of drug-likeness (QED) is 0.448. The molecular weight excluding hydrogens is 403 g/mol. The van der Waals surface area contributed by atoms with Crippen LogP contribution in [0.25, 0.3) is 6.08 Å². The van der Waals surface area contributed by atoms with E-state index >= 15 is 0 Å². The molecule has 1 N–H and O–H groups in total. The van der Waals surface area contributed by atoms with E-state index in [-0.39, 0.29) is 6.03 Å². The van der Waals surface area contributed by atoms with Gasteiger partial charge in [-0.2, -0.15) is 0 Å². The standard InChI is InChI=1S/C24H22Cl2N2O/c1-18(14-19-8-4-2-5-9-19)16-28(17-20-10-6-3-7-11-20)24(29)27-21-12-13-22(25)23(26)15-21/h2-15H,16-17H2,1H3,(H,27,29)/b18-14+. The SMILES string of the molecule is C/C(=C\c1ccccc1)CN(Cc1ccccc1)C(=O)Nc1ccc(Cl)c(Cl)c1. The van der Waals surface area contributed by atoms with E-state index in [0.717, 1.165) is 16.7 Å². The Labute approximate surface area is 181 Å². The summed E-state index contributed by atoms with van der Waals surface area (Å²) in [5.74, 6) is 0. The lowest BCUT2D eigenvalue weighted by atomic mass is 10.1. The van der Waals surface area contributed by atoms with E-state index in [2.05, 4.69) is 11.4 Å². The molecule has 0 fully saturated rings. The van der Waals surface area contributed by atoms with E-state index in [1.807, 2.05) is 67.6 Å². The van der Waals surface area contributed by atoms with Crippen LogP contribution in [0.2, 0.25) is 10.0 Å². The van der Waals surface area contributed by atoms with Gasteiger partial charge in [0, 0.05) is 18.8 Å². The normalized spacial score (nSPS) is 11.2. The van der Waals surface area contributed by atoms with E-state index in [4.69, 9.17) is 23.2 Å². The highest BCUT2D eigenvalue weighted by Crippen LogP contribution is 2.25. The fourth-order valence-corrected chi connectivity index (χ4v) is 3.26. The smallest absolute Gasteiger partial charge is 0.316 e. The lowest BCUT2D eigenvalue weighted by molar-refractivity contribution is 0.214. The Bertz CT molecular complexity index is 988. The van der Waals surface area contributed by atoms with Crippen molar-refractivity contribution in [1.82, 2.24) is 4.90 Å². The molecule has 0 aromatic heterocycles. The lowest BCUT2D eigenvalue weighted by Gasteiger charge is -2.24. The molecular formula is C24H22Cl2N2O. The van der Waals surface area contributed by atoms with Gasteiger partial charge in [0.25, 0.3) is 0 Å². The molecule has 3 nitrogen and oxygen atoms in total. The molecule has 0 aliphatic heterocycles. The summed E-state index contributed by atoms with van der Waals surface area (Å²) >= 11 is 12.0. The van der Waals surface area contributed by atoms with Crippen LogP contribution in [0, 0.1) is 0 Å². The van der Waals surface area contributed by atoms with Gasteiger partial charge in [0.05, 0.1) is 10.0 Å². The van der Waals surface area contributed by atoms with Crippen LogP contribution in [0.4, 0.5) is 10.5 Å². The maximum Gasteiger partial charge on any atom is 0.322 e. The van der Waals surface area contributed by atoms with Crippen molar-refractivity contribution < 1.29 is 4.79 Å². The molecule has 148 valence electrons. The first-order valence-electron chi connectivity index (χ1n) is 9.28. The van der Waals surface area contributed by atoms with E-state index in [1.165, 1.54) is 0 Å². The van der Waals surface area contributed by atoms with Crippen LogP contribution in [0.1, 0.15) is 18.1 Å². The maximum atomic E-state index is 13.0. The summed E-state index contributed by atoms with van der Waals surface area (Å²) in [6.07, 6.45) is 2.09. The molecule has 0 heterocycles. The number of carbonyl (C=O) groups is 1. The zero-order valence-electron chi connectivity index (χ0n) is 16.1. The van der Waals surface area contributed by atoms with E-state index in [9.17, 15) is 4.79 Å². The highest BCUT2D eigenvalue weighted by Gasteiger charge is 2.15. The Morgan fingerprint density at radius 2 is 1.59 bits per heavy atom. The molecule has 0 bridgehead atoms. The second-order valence-corrected chi connectivity index (χ2v) is 7.62. The second kappa shape index (κ2) is 10.1. The maximum absolute atomic E-state index is 13.0. The number of nitrogens with zero attached hydrogens (tertiary/aromatic N) is 1. The molecule has 3 aromatic rings. The van der Waals surface area contributed by atoms with Crippen LogP contribution in [-0.4, -0.2) is 17.5 Å². The van der Waals surface area contributed by atoms with Crippen LogP contribution in [0.5, 0.6) is 0 Å². The van der Waals surface area contributed by atoms with Gasteiger partial charge in [-0.3, -0.25) is 0 Å². The fourth-order valence-electron chi connectivity index (χ4n) is 2.96. The summed E-state index contributed by atoms with van der Waals surface area (Å²) in [5, 5.41) is 3.77. The Balaban J connectivity index is 1.78. The first-order valence-corrected chi connectivity index (χ1v) is 10.0. The van der Waals surface area contributed by atoms with Crippen LogP contribution >= 0.6 is 23.2 Å². The van der Waals surface area contributed by atoms with Gasteiger partial charge < -0.3 is 10.2 Å². The summed E-state index contributed by atoms with van der Waals surface area (Å²) in [7, 11) is 0. The van der Waals surface area contributed by atoms with Gasteiger partial charge in [0.15, 0.2) is 0 Å². The zero-order chi connectivity index (χ0) is 20.6. The van der Waals surface area contributed by atoms with E-state index < -0.39 is 0 Å². The van der Waals surface area contributed by atoms with Gasteiger partial charge in [-0.25, -0.2) is 4.79 Å². The minimum absolute atomic E-state index is 0.201. The molecule has 0 aliphatic carbocycles. The van der Waals surface area contributed by atoms with Crippen molar-refractivity contribution in [1.29, 1.82) is 0 Å². The number of urea groups is 1. The summed E-state index contributed by atoms with van der Waals surface area (Å²) in [6, 6.07) is 24.8. The Hall–Kier alpha value is -2.75. The third-order valence-electron chi connectivity index (χ3n) is 4.33. The van der Waals surface area contributed by atoms with Crippen molar-refractivity contribution in [2.45, 2.75) is 13.5 Å². The number of hydrogen-bond acceptors (Lipinski definition) is 1. The second-order valence-electron chi connectivity index (χ2n) is 6.80. The molecule has 5 heteroatoms. The van der Waals surface area contributed by atoms with Crippen LogP contribution in [0.3, 0.4) is 0 Å². The van der Waals surface area contributed by atoms with Gasteiger partial charge in [-0.1, -0.05) is 95.5 Å². The van der Waals surface area contributed by atoms with E-state index in [1.54, 1.807) is 23.1 Å². The fraction of sp³-hybridized carbons (Fsp3) is 0.125. The number of benzene rings is 3. The first kappa shape index (κ1) is 21.0. The average molecular weight is 425 g/mol. The summed E-state index contributed by atoms with van der Waals surface area (Å²) in [4.78, 5) is 14.8. The lowest BCUT2D eigenvalue weighted by Crippen LogP contribution is -2.35. The summed E-state index contributed by atoms with van der Waals surface area (Å²) in [5.41, 5.74) is 3.85. The number of rotatable bonds is 6. The number of anilines is 1. The number of hydrogen-bond donors (Lipinski definition) is 1. The Morgan fingerprint density at radius 3 is 2.24 bits per heavy atom. The summed E-state index contributed by atoms with van der Waals surface area (Å²) in [6.45, 7) is 3.02. The Kier molecular flexibility index (Phi) is 7.34. The van der Waals surface area contributed by atoms with Crippen molar-refractivity contribution in [3.8, 4) is 0 Å². The van der Waals surface area contributed by atoms with Crippen molar-refractivity contribution in [3.63, 3.8) is 0 Å². The Morgan fingerprint density at radius 1 is 0.931 bits per heavy atom. The monoisotopic (exact) mass is 424 g/mol. The van der Waals surface area contributed by atoms with Crippen molar-refractivity contribution in [2.24, 2.45) is 0 Å². The third-order valence-corrected chi connectivity index (χ3v) is 5.07. The van der Waals surface area contributed by atoms with Crippen molar-refractivity contribution in [2.75, 3.05) is 11.9 Å². The average Bonchev–Trinajstić information content (AvgIpc) is 2.72. The number of halogens is 2. The number of amides is 2.